The molecule has 6 nitrogen and oxygen atoms in total. The number of rotatable bonds is 7. The quantitative estimate of drug-likeness (QED) is 0.444. The van der Waals surface area contributed by atoms with Gasteiger partial charge in [-0.1, -0.05) is 0 Å². The fourth-order valence-electron chi connectivity index (χ4n) is 1.92. The van der Waals surface area contributed by atoms with E-state index in [0.29, 0.717) is 18.4 Å². The molecule has 0 radical (unpaired) electrons. The van der Waals surface area contributed by atoms with Crippen LogP contribution in [0.2, 0.25) is 0 Å². The van der Waals surface area contributed by atoms with Crippen molar-refractivity contribution < 1.29 is 14.1 Å². The maximum atomic E-state index is 10.5. The van der Waals surface area contributed by atoms with Gasteiger partial charge in [0.25, 0.3) is 0 Å². The molecule has 0 saturated heterocycles. The SMILES string of the molecule is COCCNCC1CC1c1ccc([N+](=O)[O-])o1. The van der Waals surface area contributed by atoms with Crippen molar-refractivity contribution in [3.05, 3.63) is 28.0 Å². The molecule has 1 fully saturated rings. The van der Waals surface area contributed by atoms with Crippen LogP contribution in [-0.4, -0.2) is 31.7 Å². The molecule has 0 amide bonds. The summed E-state index contributed by atoms with van der Waals surface area (Å²) in [4.78, 5) is 9.97. The van der Waals surface area contributed by atoms with Crippen molar-refractivity contribution in [2.75, 3.05) is 26.8 Å². The first-order valence-corrected chi connectivity index (χ1v) is 5.66. The molecule has 1 aromatic heterocycles. The first-order chi connectivity index (χ1) is 8.22. The standard InChI is InChI=1S/C11H16N2O4/c1-16-5-4-12-7-8-6-9(8)10-2-3-11(17-10)13(14)15/h2-3,8-9,12H,4-7H2,1H3. The Morgan fingerprint density at radius 1 is 1.65 bits per heavy atom. The average Bonchev–Trinajstić information content (AvgIpc) is 2.90. The molecular formula is C11H16N2O4. The predicted octanol–water partition coefficient (Wildman–Crippen LogP) is 1.53. The summed E-state index contributed by atoms with van der Waals surface area (Å²) in [5.41, 5.74) is 0. The van der Waals surface area contributed by atoms with Crippen LogP contribution in [0.15, 0.2) is 16.5 Å². The normalized spacial score (nSPS) is 22.6. The Morgan fingerprint density at radius 3 is 3.12 bits per heavy atom. The van der Waals surface area contributed by atoms with E-state index in [4.69, 9.17) is 9.15 Å². The van der Waals surface area contributed by atoms with Crippen LogP contribution in [0.1, 0.15) is 18.1 Å². The van der Waals surface area contributed by atoms with Crippen LogP contribution < -0.4 is 5.32 Å². The largest absolute Gasteiger partial charge is 0.433 e. The minimum absolute atomic E-state index is 0.169. The first-order valence-electron chi connectivity index (χ1n) is 5.66. The van der Waals surface area contributed by atoms with Crippen LogP contribution in [0, 0.1) is 16.0 Å². The zero-order valence-electron chi connectivity index (χ0n) is 9.72. The Hall–Kier alpha value is -1.40. The molecule has 0 aliphatic heterocycles. The van der Waals surface area contributed by atoms with Crippen molar-refractivity contribution in [2.24, 2.45) is 5.92 Å². The molecule has 0 aromatic carbocycles. The molecule has 2 rings (SSSR count). The lowest BCUT2D eigenvalue weighted by molar-refractivity contribution is -0.402. The lowest BCUT2D eigenvalue weighted by Crippen LogP contribution is -2.21. The Kier molecular flexibility index (Phi) is 3.75. The second-order valence-electron chi connectivity index (χ2n) is 4.23. The van der Waals surface area contributed by atoms with Gasteiger partial charge in [-0.15, -0.1) is 0 Å². The van der Waals surface area contributed by atoms with Crippen molar-refractivity contribution in [2.45, 2.75) is 12.3 Å². The van der Waals surface area contributed by atoms with Crippen molar-refractivity contribution in [3.8, 4) is 0 Å². The van der Waals surface area contributed by atoms with E-state index in [1.54, 1.807) is 13.2 Å². The Morgan fingerprint density at radius 2 is 2.47 bits per heavy atom. The molecule has 1 aromatic rings. The summed E-state index contributed by atoms with van der Waals surface area (Å²) in [7, 11) is 1.67. The fourth-order valence-corrected chi connectivity index (χ4v) is 1.92. The minimum Gasteiger partial charge on any atom is -0.406 e. The number of nitrogens with zero attached hydrogens (tertiary/aromatic N) is 1. The van der Waals surface area contributed by atoms with Gasteiger partial charge in [0.15, 0.2) is 0 Å². The van der Waals surface area contributed by atoms with Crippen molar-refractivity contribution >= 4 is 5.88 Å². The highest BCUT2D eigenvalue weighted by molar-refractivity contribution is 5.24. The number of nitrogens with one attached hydrogen (secondary N) is 1. The fraction of sp³-hybridized carbons (Fsp3) is 0.636. The van der Waals surface area contributed by atoms with E-state index in [9.17, 15) is 10.1 Å². The van der Waals surface area contributed by atoms with Crippen molar-refractivity contribution in [3.63, 3.8) is 0 Å². The number of ether oxygens (including phenoxy) is 1. The minimum atomic E-state index is -0.502. The maximum Gasteiger partial charge on any atom is 0.433 e. The summed E-state index contributed by atoms with van der Waals surface area (Å²) in [5, 5.41) is 13.7. The molecule has 1 aliphatic rings. The van der Waals surface area contributed by atoms with Crippen LogP contribution in [0.4, 0.5) is 5.88 Å². The van der Waals surface area contributed by atoms with Crippen molar-refractivity contribution in [1.29, 1.82) is 0 Å². The number of nitro groups is 1. The second-order valence-corrected chi connectivity index (χ2v) is 4.23. The number of methoxy groups -OCH3 is 1. The number of hydrogen-bond donors (Lipinski definition) is 1. The van der Waals surface area contributed by atoms with Gasteiger partial charge in [0.05, 0.1) is 12.7 Å². The van der Waals surface area contributed by atoms with Gasteiger partial charge >= 0.3 is 5.88 Å². The van der Waals surface area contributed by atoms with E-state index >= 15 is 0 Å². The molecule has 2 unspecified atom stereocenters. The van der Waals surface area contributed by atoms with Gasteiger partial charge in [0, 0.05) is 19.6 Å². The summed E-state index contributed by atoms with van der Waals surface area (Å²) < 4.78 is 10.1. The third-order valence-corrected chi connectivity index (χ3v) is 2.97. The van der Waals surface area contributed by atoms with Crippen LogP contribution in [0.5, 0.6) is 0 Å². The predicted molar refractivity (Wildman–Crippen MR) is 61.0 cm³/mol. The average molecular weight is 240 g/mol. The van der Waals surface area contributed by atoms with E-state index < -0.39 is 4.92 Å². The molecule has 1 aliphatic carbocycles. The molecular weight excluding hydrogens is 224 g/mol. The Balaban J connectivity index is 1.75. The summed E-state index contributed by atoms with van der Waals surface area (Å²) in [6.45, 7) is 2.43. The molecule has 0 spiro atoms. The van der Waals surface area contributed by atoms with E-state index in [1.165, 1.54) is 6.07 Å². The smallest absolute Gasteiger partial charge is 0.406 e. The molecule has 6 heteroatoms. The molecule has 1 saturated carbocycles. The third-order valence-electron chi connectivity index (χ3n) is 2.97. The molecule has 94 valence electrons. The van der Waals surface area contributed by atoms with Gasteiger partial charge in [-0.2, -0.15) is 0 Å². The highest BCUT2D eigenvalue weighted by Crippen LogP contribution is 2.48. The summed E-state index contributed by atoms with van der Waals surface area (Å²) in [6, 6.07) is 3.13. The highest BCUT2D eigenvalue weighted by atomic mass is 16.6. The molecule has 1 N–H and O–H groups in total. The molecule has 1 heterocycles. The van der Waals surface area contributed by atoms with E-state index in [1.807, 2.05) is 0 Å². The summed E-state index contributed by atoms with van der Waals surface area (Å²) in [5.74, 6) is 1.42. The van der Waals surface area contributed by atoms with E-state index in [2.05, 4.69) is 5.32 Å². The monoisotopic (exact) mass is 240 g/mol. The van der Waals surface area contributed by atoms with Gasteiger partial charge in [-0.3, -0.25) is 10.1 Å². The molecule has 0 bridgehead atoms. The lowest BCUT2D eigenvalue weighted by atomic mass is 10.2. The van der Waals surface area contributed by atoms with Gasteiger partial charge in [-0.25, -0.2) is 0 Å². The second kappa shape index (κ2) is 5.29. The Bertz CT molecular complexity index is 391. The number of furan rings is 1. The van der Waals surface area contributed by atoms with E-state index in [0.717, 1.165) is 25.3 Å². The zero-order chi connectivity index (χ0) is 12.3. The first kappa shape index (κ1) is 12.1. The summed E-state index contributed by atoms with van der Waals surface area (Å²) in [6.07, 6.45) is 1.03. The van der Waals surface area contributed by atoms with Crippen LogP contribution in [0.3, 0.4) is 0 Å². The number of hydrogen-bond acceptors (Lipinski definition) is 5. The van der Waals surface area contributed by atoms with Crippen LogP contribution in [0.25, 0.3) is 0 Å². The van der Waals surface area contributed by atoms with Gasteiger partial charge < -0.3 is 14.5 Å². The van der Waals surface area contributed by atoms with Gasteiger partial charge in [0.2, 0.25) is 0 Å². The maximum absolute atomic E-state index is 10.5. The zero-order valence-corrected chi connectivity index (χ0v) is 9.72. The Labute approximate surface area is 99.1 Å². The summed E-state index contributed by atoms with van der Waals surface area (Å²) >= 11 is 0. The van der Waals surface area contributed by atoms with Crippen molar-refractivity contribution in [1.82, 2.24) is 5.32 Å². The lowest BCUT2D eigenvalue weighted by Gasteiger charge is -2.01. The molecule has 17 heavy (non-hydrogen) atoms. The van der Waals surface area contributed by atoms with Crippen LogP contribution >= 0.6 is 0 Å². The topological polar surface area (TPSA) is 77.5 Å². The van der Waals surface area contributed by atoms with Gasteiger partial charge in [-0.05, 0) is 24.9 Å². The van der Waals surface area contributed by atoms with Crippen LogP contribution in [-0.2, 0) is 4.74 Å². The van der Waals surface area contributed by atoms with E-state index in [-0.39, 0.29) is 5.88 Å². The third kappa shape index (κ3) is 3.04. The molecule has 2 atom stereocenters. The van der Waals surface area contributed by atoms with Gasteiger partial charge in [0.1, 0.15) is 10.7 Å². The highest BCUT2D eigenvalue weighted by Gasteiger charge is 2.40.